The Morgan fingerprint density at radius 1 is 1.42 bits per heavy atom. The molecule has 0 radical (unpaired) electrons. The van der Waals surface area contributed by atoms with Crippen molar-refractivity contribution in [2.75, 3.05) is 38.2 Å². The topological polar surface area (TPSA) is 24.5 Å². The number of ether oxygens (including phenoxy) is 1. The molecule has 0 aromatic heterocycles. The van der Waals surface area contributed by atoms with Crippen LogP contribution in [-0.2, 0) is 0 Å². The summed E-state index contributed by atoms with van der Waals surface area (Å²) in [5, 5.41) is 3.53. The lowest BCUT2D eigenvalue weighted by atomic mass is 10.1. The van der Waals surface area contributed by atoms with E-state index in [1.165, 1.54) is 37.2 Å². The SMILES string of the molecule is CCCNCC1CCN(c2ccc(OC)c(C)c2)C1. The summed E-state index contributed by atoms with van der Waals surface area (Å²) in [4.78, 5) is 2.49. The van der Waals surface area contributed by atoms with Gasteiger partial charge in [0.2, 0.25) is 0 Å². The summed E-state index contributed by atoms with van der Waals surface area (Å²) in [5.41, 5.74) is 2.55. The van der Waals surface area contributed by atoms with Crippen molar-refractivity contribution in [1.29, 1.82) is 0 Å². The molecule has 1 aliphatic heterocycles. The molecule has 0 saturated carbocycles. The highest BCUT2D eigenvalue weighted by atomic mass is 16.5. The third-order valence-electron chi connectivity index (χ3n) is 3.89. The molecule has 1 heterocycles. The first kappa shape index (κ1) is 14.2. The Morgan fingerprint density at radius 2 is 2.26 bits per heavy atom. The Labute approximate surface area is 116 Å². The van der Waals surface area contributed by atoms with Crippen molar-refractivity contribution >= 4 is 5.69 Å². The highest BCUT2D eigenvalue weighted by molar-refractivity contribution is 5.53. The van der Waals surface area contributed by atoms with E-state index in [-0.39, 0.29) is 0 Å². The largest absolute Gasteiger partial charge is 0.496 e. The van der Waals surface area contributed by atoms with E-state index in [9.17, 15) is 0 Å². The molecule has 1 unspecified atom stereocenters. The molecule has 1 atom stereocenters. The second kappa shape index (κ2) is 6.80. The summed E-state index contributed by atoms with van der Waals surface area (Å²) in [5.74, 6) is 1.76. The highest BCUT2D eigenvalue weighted by Crippen LogP contribution is 2.28. The van der Waals surface area contributed by atoms with Crippen LogP contribution in [0.4, 0.5) is 5.69 Å². The summed E-state index contributed by atoms with van der Waals surface area (Å²) in [7, 11) is 1.73. The van der Waals surface area contributed by atoms with E-state index in [1.807, 2.05) is 0 Å². The van der Waals surface area contributed by atoms with Crippen molar-refractivity contribution < 1.29 is 4.74 Å². The smallest absolute Gasteiger partial charge is 0.121 e. The first-order chi connectivity index (χ1) is 9.24. The van der Waals surface area contributed by atoms with Crippen LogP contribution in [0.25, 0.3) is 0 Å². The van der Waals surface area contributed by atoms with Gasteiger partial charge in [-0.05, 0) is 62.5 Å². The number of aryl methyl sites for hydroxylation is 1. The molecule has 1 saturated heterocycles. The van der Waals surface area contributed by atoms with Crippen LogP contribution in [0.2, 0.25) is 0 Å². The number of benzene rings is 1. The van der Waals surface area contributed by atoms with E-state index in [4.69, 9.17) is 4.74 Å². The van der Waals surface area contributed by atoms with E-state index < -0.39 is 0 Å². The number of nitrogens with zero attached hydrogens (tertiary/aromatic N) is 1. The van der Waals surface area contributed by atoms with E-state index in [0.717, 1.165) is 24.8 Å². The first-order valence-electron chi connectivity index (χ1n) is 7.35. The van der Waals surface area contributed by atoms with Gasteiger partial charge in [0.1, 0.15) is 5.75 Å². The lowest BCUT2D eigenvalue weighted by molar-refractivity contribution is 0.411. The summed E-state index contributed by atoms with van der Waals surface area (Å²) < 4.78 is 5.32. The minimum absolute atomic E-state index is 0.786. The van der Waals surface area contributed by atoms with Crippen LogP contribution in [0.3, 0.4) is 0 Å². The first-order valence-corrected chi connectivity index (χ1v) is 7.35. The van der Waals surface area contributed by atoms with E-state index in [1.54, 1.807) is 7.11 Å². The Balaban J connectivity index is 1.91. The summed E-state index contributed by atoms with van der Waals surface area (Å²) in [6.45, 7) is 8.96. The van der Waals surface area contributed by atoms with Crippen LogP contribution in [0.15, 0.2) is 18.2 Å². The van der Waals surface area contributed by atoms with Gasteiger partial charge in [-0.25, -0.2) is 0 Å². The molecule has 3 nitrogen and oxygen atoms in total. The van der Waals surface area contributed by atoms with Crippen LogP contribution < -0.4 is 15.0 Å². The summed E-state index contributed by atoms with van der Waals surface area (Å²) in [6.07, 6.45) is 2.51. The highest BCUT2D eigenvalue weighted by Gasteiger charge is 2.22. The average molecular weight is 262 g/mol. The van der Waals surface area contributed by atoms with Gasteiger partial charge >= 0.3 is 0 Å². The van der Waals surface area contributed by atoms with Gasteiger partial charge in [-0.15, -0.1) is 0 Å². The Hall–Kier alpha value is -1.22. The molecule has 1 aromatic rings. The van der Waals surface area contributed by atoms with Gasteiger partial charge < -0.3 is 15.0 Å². The van der Waals surface area contributed by atoms with Gasteiger partial charge in [-0.1, -0.05) is 6.92 Å². The molecule has 1 N–H and O–H groups in total. The van der Waals surface area contributed by atoms with Crippen molar-refractivity contribution in [1.82, 2.24) is 5.32 Å². The lowest BCUT2D eigenvalue weighted by Gasteiger charge is -2.20. The van der Waals surface area contributed by atoms with Crippen LogP contribution in [0.1, 0.15) is 25.3 Å². The average Bonchev–Trinajstić information content (AvgIpc) is 2.88. The minimum atomic E-state index is 0.786. The summed E-state index contributed by atoms with van der Waals surface area (Å²) in [6, 6.07) is 6.49. The molecule has 3 heteroatoms. The third kappa shape index (κ3) is 3.63. The van der Waals surface area contributed by atoms with Gasteiger partial charge in [-0.2, -0.15) is 0 Å². The van der Waals surface area contributed by atoms with Crippen LogP contribution in [0.5, 0.6) is 5.75 Å². The number of rotatable bonds is 6. The molecule has 0 bridgehead atoms. The fraction of sp³-hybridized carbons (Fsp3) is 0.625. The minimum Gasteiger partial charge on any atom is -0.496 e. The molecular formula is C16H26N2O. The fourth-order valence-corrected chi connectivity index (χ4v) is 2.78. The Morgan fingerprint density at radius 3 is 2.95 bits per heavy atom. The number of hydrogen-bond acceptors (Lipinski definition) is 3. The van der Waals surface area contributed by atoms with E-state index in [2.05, 4.69) is 42.3 Å². The Kier molecular flexibility index (Phi) is 5.08. The molecule has 106 valence electrons. The normalized spacial score (nSPS) is 18.9. The Bertz CT molecular complexity index is 406. The maximum absolute atomic E-state index is 5.32. The number of anilines is 1. The number of nitrogens with one attached hydrogen (secondary N) is 1. The van der Waals surface area contributed by atoms with E-state index in [0.29, 0.717) is 0 Å². The zero-order valence-corrected chi connectivity index (χ0v) is 12.4. The molecule has 0 spiro atoms. The number of hydrogen-bond donors (Lipinski definition) is 1. The van der Waals surface area contributed by atoms with E-state index >= 15 is 0 Å². The van der Waals surface area contributed by atoms with Crippen molar-refractivity contribution in [2.24, 2.45) is 5.92 Å². The van der Waals surface area contributed by atoms with Crippen LogP contribution in [-0.4, -0.2) is 33.3 Å². The van der Waals surface area contributed by atoms with Gasteiger partial charge in [0.25, 0.3) is 0 Å². The van der Waals surface area contributed by atoms with Crippen LogP contribution in [0, 0.1) is 12.8 Å². The molecule has 0 amide bonds. The zero-order valence-electron chi connectivity index (χ0n) is 12.4. The third-order valence-corrected chi connectivity index (χ3v) is 3.89. The van der Waals surface area contributed by atoms with Crippen molar-refractivity contribution in [3.05, 3.63) is 23.8 Å². The predicted molar refractivity (Wildman–Crippen MR) is 81.2 cm³/mol. The van der Waals surface area contributed by atoms with Crippen molar-refractivity contribution in [3.63, 3.8) is 0 Å². The zero-order chi connectivity index (χ0) is 13.7. The molecule has 1 aromatic carbocycles. The van der Waals surface area contributed by atoms with Crippen LogP contribution >= 0.6 is 0 Å². The fourth-order valence-electron chi connectivity index (χ4n) is 2.78. The molecule has 1 aliphatic rings. The predicted octanol–water partition coefficient (Wildman–Crippen LogP) is 2.83. The molecule has 2 rings (SSSR count). The maximum atomic E-state index is 5.32. The van der Waals surface area contributed by atoms with Gasteiger partial charge in [-0.3, -0.25) is 0 Å². The molecule has 0 aliphatic carbocycles. The lowest BCUT2D eigenvalue weighted by Crippen LogP contribution is -2.26. The monoisotopic (exact) mass is 262 g/mol. The summed E-state index contributed by atoms with van der Waals surface area (Å²) >= 11 is 0. The second-order valence-corrected chi connectivity index (χ2v) is 5.46. The number of methoxy groups -OCH3 is 1. The maximum Gasteiger partial charge on any atom is 0.121 e. The van der Waals surface area contributed by atoms with Gasteiger partial charge in [0.15, 0.2) is 0 Å². The molecule has 19 heavy (non-hydrogen) atoms. The second-order valence-electron chi connectivity index (χ2n) is 5.46. The quantitative estimate of drug-likeness (QED) is 0.798. The van der Waals surface area contributed by atoms with Crippen molar-refractivity contribution in [3.8, 4) is 5.75 Å². The standard InChI is InChI=1S/C16H26N2O/c1-4-8-17-11-14-7-9-18(12-14)15-5-6-16(19-3)13(2)10-15/h5-6,10,14,17H,4,7-9,11-12H2,1-3H3. The van der Waals surface area contributed by atoms with Gasteiger partial charge in [0, 0.05) is 18.8 Å². The molecular weight excluding hydrogens is 236 g/mol. The van der Waals surface area contributed by atoms with Gasteiger partial charge in [0.05, 0.1) is 7.11 Å². The van der Waals surface area contributed by atoms with Crippen molar-refractivity contribution in [2.45, 2.75) is 26.7 Å². The molecule has 1 fully saturated rings.